The number of phenols is 1. The van der Waals surface area contributed by atoms with Crippen LogP contribution < -0.4 is 4.90 Å². The molecule has 0 saturated carbocycles. The number of aromatic hydroxyl groups is 1. The van der Waals surface area contributed by atoms with Gasteiger partial charge >= 0.3 is 6.09 Å². The molecule has 2 amide bonds. The van der Waals surface area contributed by atoms with Crippen LogP contribution in [-0.2, 0) is 9.53 Å². The summed E-state index contributed by atoms with van der Waals surface area (Å²) in [7, 11) is 0. The molecule has 0 atom stereocenters. The Labute approximate surface area is 83.7 Å². The van der Waals surface area contributed by atoms with E-state index in [0.29, 0.717) is 0 Å². The minimum atomic E-state index is -0.828. The highest BCUT2D eigenvalue weighted by Gasteiger charge is 2.32. The van der Waals surface area contributed by atoms with Gasteiger partial charge in [0.2, 0.25) is 0 Å². The Bertz CT molecular complexity index is 430. The number of benzene rings is 1. The van der Waals surface area contributed by atoms with E-state index >= 15 is 0 Å². The van der Waals surface area contributed by atoms with E-state index in [1.54, 1.807) is 0 Å². The third-order valence-corrected chi connectivity index (χ3v) is 1.94. The highest BCUT2D eigenvalue weighted by atomic mass is 19.1. The maximum atomic E-state index is 12.7. The molecule has 0 aliphatic carbocycles. The third-order valence-electron chi connectivity index (χ3n) is 1.94. The molecule has 78 valence electrons. The number of carbonyl (C=O) groups excluding carboxylic acids is 2. The highest BCUT2D eigenvalue weighted by molar-refractivity contribution is 6.16. The van der Waals surface area contributed by atoms with Crippen molar-refractivity contribution in [2.45, 2.75) is 0 Å². The number of rotatable bonds is 1. The number of anilines is 1. The second kappa shape index (κ2) is 3.23. The molecule has 1 saturated heterocycles. The smallest absolute Gasteiger partial charge is 0.421 e. The number of cyclic esters (lactones) is 1. The van der Waals surface area contributed by atoms with Gasteiger partial charge in [-0.25, -0.2) is 14.1 Å². The zero-order valence-corrected chi connectivity index (χ0v) is 7.44. The topological polar surface area (TPSA) is 66.8 Å². The number of ether oxygens (including phenoxy) is 1. The van der Waals surface area contributed by atoms with Crippen molar-refractivity contribution in [1.82, 2.24) is 0 Å². The van der Waals surface area contributed by atoms with Gasteiger partial charge in [-0.1, -0.05) is 0 Å². The van der Waals surface area contributed by atoms with Crippen LogP contribution in [-0.4, -0.2) is 23.7 Å². The summed E-state index contributed by atoms with van der Waals surface area (Å²) >= 11 is 0. The van der Waals surface area contributed by atoms with Gasteiger partial charge in [0, 0.05) is 6.07 Å². The van der Waals surface area contributed by atoms with E-state index in [9.17, 15) is 14.0 Å². The van der Waals surface area contributed by atoms with Crippen LogP contribution in [0.5, 0.6) is 5.75 Å². The molecule has 1 aliphatic rings. The standard InChI is InChI=1S/C9H6FNO4/c10-6-2-1-5(3-7(6)12)11-8(13)4-15-9(11)14/h1-3,12H,4H2. The SMILES string of the molecule is O=C1COC(=O)N1c1ccc(F)c(O)c1. The van der Waals surface area contributed by atoms with Crippen molar-refractivity contribution in [2.24, 2.45) is 0 Å². The Kier molecular flexibility index (Phi) is 2.03. The summed E-state index contributed by atoms with van der Waals surface area (Å²) in [5.41, 5.74) is 0.0846. The number of halogens is 1. The lowest BCUT2D eigenvalue weighted by Crippen LogP contribution is -2.28. The molecule has 1 N–H and O–H groups in total. The normalized spacial score (nSPS) is 15.7. The van der Waals surface area contributed by atoms with Gasteiger partial charge in [-0.15, -0.1) is 0 Å². The van der Waals surface area contributed by atoms with E-state index in [1.807, 2.05) is 0 Å². The molecule has 0 unspecified atom stereocenters. The first-order chi connectivity index (χ1) is 7.09. The molecular formula is C9H6FNO4. The van der Waals surface area contributed by atoms with Crippen molar-refractivity contribution in [2.75, 3.05) is 11.5 Å². The first kappa shape index (κ1) is 9.45. The van der Waals surface area contributed by atoms with E-state index in [1.165, 1.54) is 6.07 Å². The van der Waals surface area contributed by atoms with Gasteiger partial charge in [-0.05, 0) is 12.1 Å². The van der Waals surface area contributed by atoms with Crippen LogP contribution in [0.1, 0.15) is 0 Å². The molecule has 2 rings (SSSR count). The number of imide groups is 1. The average molecular weight is 211 g/mol. The average Bonchev–Trinajstić information content (AvgIpc) is 2.52. The first-order valence-electron chi connectivity index (χ1n) is 4.08. The van der Waals surface area contributed by atoms with Crippen LogP contribution in [0, 0.1) is 5.82 Å². The molecule has 0 aromatic heterocycles. The van der Waals surface area contributed by atoms with Crippen molar-refractivity contribution >= 4 is 17.7 Å². The number of amides is 2. The largest absolute Gasteiger partial charge is 0.505 e. The van der Waals surface area contributed by atoms with E-state index in [-0.39, 0.29) is 12.3 Å². The van der Waals surface area contributed by atoms with Gasteiger partial charge in [0.1, 0.15) is 0 Å². The molecular weight excluding hydrogens is 205 g/mol. The van der Waals surface area contributed by atoms with Crippen molar-refractivity contribution < 1.29 is 23.8 Å². The predicted molar refractivity (Wildman–Crippen MR) is 46.9 cm³/mol. The van der Waals surface area contributed by atoms with Gasteiger partial charge in [-0.3, -0.25) is 4.79 Å². The highest BCUT2D eigenvalue weighted by Crippen LogP contribution is 2.25. The fraction of sp³-hybridized carbons (Fsp3) is 0.111. The van der Waals surface area contributed by atoms with Crippen LogP contribution in [0.25, 0.3) is 0 Å². The maximum Gasteiger partial charge on any atom is 0.421 e. The van der Waals surface area contributed by atoms with E-state index < -0.39 is 23.6 Å². The molecule has 1 aromatic rings. The van der Waals surface area contributed by atoms with Crippen LogP contribution in [0.3, 0.4) is 0 Å². The Morgan fingerprint density at radius 1 is 1.40 bits per heavy atom. The minimum Gasteiger partial charge on any atom is -0.505 e. The number of nitrogens with zero attached hydrogens (tertiary/aromatic N) is 1. The zero-order chi connectivity index (χ0) is 11.0. The fourth-order valence-electron chi connectivity index (χ4n) is 1.24. The summed E-state index contributed by atoms with van der Waals surface area (Å²) < 4.78 is 17.2. The van der Waals surface area contributed by atoms with Crippen LogP contribution in [0.15, 0.2) is 18.2 Å². The summed E-state index contributed by atoms with van der Waals surface area (Å²) in [5, 5.41) is 9.07. The van der Waals surface area contributed by atoms with E-state index in [4.69, 9.17) is 5.11 Å². The van der Waals surface area contributed by atoms with E-state index in [0.717, 1.165) is 17.0 Å². The second-order valence-corrected chi connectivity index (χ2v) is 2.92. The molecule has 0 bridgehead atoms. The maximum absolute atomic E-state index is 12.7. The monoisotopic (exact) mass is 211 g/mol. The number of hydrogen-bond acceptors (Lipinski definition) is 4. The number of hydrogen-bond donors (Lipinski definition) is 1. The molecule has 5 nitrogen and oxygen atoms in total. The lowest BCUT2D eigenvalue weighted by molar-refractivity contribution is -0.117. The van der Waals surface area contributed by atoms with Crippen molar-refractivity contribution in [1.29, 1.82) is 0 Å². The number of phenolic OH excluding ortho intramolecular Hbond substituents is 1. The lowest BCUT2D eigenvalue weighted by Gasteiger charge is -2.10. The Hall–Kier alpha value is -2.11. The van der Waals surface area contributed by atoms with Crippen molar-refractivity contribution in [3.05, 3.63) is 24.0 Å². The zero-order valence-electron chi connectivity index (χ0n) is 7.44. The molecule has 1 aliphatic heterocycles. The summed E-state index contributed by atoms with van der Waals surface area (Å²) in [6.45, 7) is -0.336. The molecule has 1 heterocycles. The molecule has 15 heavy (non-hydrogen) atoms. The summed E-state index contributed by atoms with van der Waals surface area (Å²) in [6, 6.07) is 3.16. The molecule has 6 heteroatoms. The van der Waals surface area contributed by atoms with E-state index in [2.05, 4.69) is 4.74 Å². The number of carbonyl (C=O) groups is 2. The molecule has 0 radical (unpaired) electrons. The molecule has 1 fully saturated rings. The summed E-state index contributed by atoms with van der Waals surface area (Å²) in [4.78, 5) is 23.0. The van der Waals surface area contributed by atoms with Gasteiger partial charge < -0.3 is 9.84 Å². The minimum absolute atomic E-state index is 0.0846. The van der Waals surface area contributed by atoms with Gasteiger partial charge in [-0.2, -0.15) is 0 Å². The van der Waals surface area contributed by atoms with Crippen LogP contribution >= 0.6 is 0 Å². The molecule has 1 aromatic carbocycles. The Morgan fingerprint density at radius 3 is 2.67 bits per heavy atom. The third kappa shape index (κ3) is 1.50. The first-order valence-corrected chi connectivity index (χ1v) is 4.08. The fourth-order valence-corrected chi connectivity index (χ4v) is 1.24. The Balaban J connectivity index is 2.41. The second-order valence-electron chi connectivity index (χ2n) is 2.92. The van der Waals surface area contributed by atoms with Crippen molar-refractivity contribution in [3.63, 3.8) is 0 Å². The Morgan fingerprint density at radius 2 is 2.13 bits per heavy atom. The van der Waals surface area contributed by atoms with Gasteiger partial charge in [0.25, 0.3) is 5.91 Å². The van der Waals surface area contributed by atoms with Crippen LogP contribution in [0.4, 0.5) is 14.9 Å². The lowest BCUT2D eigenvalue weighted by atomic mass is 10.2. The molecule has 0 spiro atoms. The quantitative estimate of drug-likeness (QED) is 0.752. The van der Waals surface area contributed by atoms with Gasteiger partial charge in [0.15, 0.2) is 18.2 Å². The van der Waals surface area contributed by atoms with Crippen molar-refractivity contribution in [3.8, 4) is 5.75 Å². The van der Waals surface area contributed by atoms with Gasteiger partial charge in [0.05, 0.1) is 5.69 Å². The summed E-state index contributed by atoms with van der Waals surface area (Å²) in [5.74, 6) is -2.00. The summed E-state index contributed by atoms with van der Waals surface area (Å²) in [6.07, 6.45) is -0.828. The predicted octanol–water partition coefficient (Wildman–Crippen LogP) is 1.01. The van der Waals surface area contributed by atoms with Crippen LogP contribution in [0.2, 0.25) is 0 Å².